The molecule has 0 bridgehead atoms. The molecule has 0 amide bonds. The van der Waals surface area contributed by atoms with Crippen LogP contribution in [0.25, 0.3) is 33.0 Å². The highest BCUT2D eigenvalue weighted by Crippen LogP contribution is 2.50. The molecule has 0 fully saturated rings. The van der Waals surface area contributed by atoms with Gasteiger partial charge in [0, 0.05) is 27.6 Å². The number of hydrogen-bond donors (Lipinski definition) is 1. The lowest BCUT2D eigenvalue weighted by Gasteiger charge is -2.19. The van der Waals surface area contributed by atoms with Crippen molar-refractivity contribution >= 4 is 32.5 Å². The van der Waals surface area contributed by atoms with Gasteiger partial charge in [0.1, 0.15) is 4.90 Å². The molecular weight excluding hydrogens is 400 g/mol. The minimum absolute atomic E-state index is 0.166. The molecule has 0 unspecified atom stereocenters. The second kappa shape index (κ2) is 5.50. The van der Waals surface area contributed by atoms with Crippen LogP contribution in [0.15, 0.2) is 71.6 Å². The van der Waals surface area contributed by atoms with E-state index in [1.165, 1.54) is 6.07 Å². The Morgan fingerprint density at radius 2 is 1.10 bits per heavy atom. The van der Waals surface area contributed by atoms with Gasteiger partial charge in [-0.1, -0.05) is 48.5 Å². The number of carbonyl (C=O) groups excluding carboxylic acids is 2. The fraction of sp³-hybridized carbons (Fsp3) is 0. The lowest BCUT2D eigenvalue weighted by atomic mass is 9.82. The molecule has 0 aliphatic heterocycles. The van der Waals surface area contributed by atoms with Gasteiger partial charge in [-0.2, -0.15) is 8.42 Å². The van der Waals surface area contributed by atoms with E-state index in [1.807, 2.05) is 6.07 Å². The molecule has 2 aliphatic rings. The summed E-state index contributed by atoms with van der Waals surface area (Å²) in [5.41, 5.74) is 4.53. The fourth-order valence-electron chi connectivity index (χ4n) is 4.64. The number of hydrogen-bond acceptors (Lipinski definition) is 4. The van der Waals surface area contributed by atoms with Crippen molar-refractivity contribution in [3.8, 4) is 22.3 Å². The zero-order valence-corrected chi connectivity index (χ0v) is 16.2. The van der Waals surface area contributed by atoms with Crippen LogP contribution >= 0.6 is 0 Å². The third-order valence-corrected chi connectivity index (χ3v) is 6.83. The summed E-state index contributed by atoms with van der Waals surface area (Å²) in [7, 11) is -4.40. The maximum atomic E-state index is 13.1. The van der Waals surface area contributed by atoms with Crippen molar-refractivity contribution in [1.82, 2.24) is 0 Å². The van der Waals surface area contributed by atoms with Crippen LogP contribution in [0.1, 0.15) is 31.8 Å². The highest BCUT2D eigenvalue weighted by molar-refractivity contribution is 7.86. The SMILES string of the molecule is O=C1c2ccccc2C(=O)c2cc3c(cc21)-c1cccc2c(S(=O)(=O)O)ccc-3c12. The smallest absolute Gasteiger partial charge is 0.289 e. The van der Waals surface area contributed by atoms with Gasteiger partial charge in [-0.15, -0.1) is 0 Å². The number of fused-ring (bicyclic) bond motifs is 5. The Bertz CT molecular complexity index is 1530. The minimum atomic E-state index is -4.40. The fourth-order valence-corrected chi connectivity index (χ4v) is 5.33. The summed E-state index contributed by atoms with van der Waals surface area (Å²) in [5, 5.41) is 1.09. The number of rotatable bonds is 1. The van der Waals surface area contributed by atoms with Gasteiger partial charge in [-0.25, -0.2) is 0 Å². The summed E-state index contributed by atoms with van der Waals surface area (Å²) in [4.78, 5) is 26.0. The summed E-state index contributed by atoms with van der Waals surface area (Å²) < 4.78 is 33.3. The van der Waals surface area contributed by atoms with Gasteiger partial charge >= 0.3 is 0 Å². The van der Waals surface area contributed by atoms with Crippen molar-refractivity contribution in [3.05, 3.63) is 89.0 Å². The predicted molar refractivity (Wildman–Crippen MR) is 111 cm³/mol. The third-order valence-electron chi connectivity index (χ3n) is 5.92. The first-order valence-corrected chi connectivity index (χ1v) is 10.7. The lowest BCUT2D eigenvalue weighted by molar-refractivity contribution is 0.0979. The Morgan fingerprint density at radius 1 is 0.567 bits per heavy atom. The van der Waals surface area contributed by atoms with Crippen LogP contribution in [-0.2, 0) is 10.1 Å². The summed E-state index contributed by atoms with van der Waals surface area (Å²) in [6.07, 6.45) is 0. The second-order valence-corrected chi connectivity index (χ2v) is 8.85. The molecule has 2 aliphatic carbocycles. The van der Waals surface area contributed by atoms with Crippen molar-refractivity contribution in [2.45, 2.75) is 4.90 Å². The zero-order valence-electron chi connectivity index (χ0n) is 15.3. The second-order valence-electron chi connectivity index (χ2n) is 7.46. The Balaban J connectivity index is 1.69. The van der Waals surface area contributed by atoms with Crippen molar-refractivity contribution in [1.29, 1.82) is 0 Å². The Kier molecular flexibility index (Phi) is 3.17. The Labute approximate surface area is 171 Å². The molecule has 4 aromatic rings. The van der Waals surface area contributed by atoms with E-state index in [4.69, 9.17) is 0 Å². The van der Waals surface area contributed by atoms with Crippen molar-refractivity contribution in [3.63, 3.8) is 0 Å². The van der Waals surface area contributed by atoms with Crippen LogP contribution in [0, 0.1) is 0 Å². The molecule has 4 aromatic carbocycles. The quantitative estimate of drug-likeness (QED) is 0.402. The number of ketones is 2. The van der Waals surface area contributed by atoms with Crippen LogP contribution in [-0.4, -0.2) is 24.5 Å². The van der Waals surface area contributed by atoms with Crippen LogP contribution < -0.4 is 0 Å². The van der Waals surface area contributed by atoms with E-state index in [0.717, 1.165) is 22.3 Å². The molecule has 0 saturated carbocycles. The van der Waals surface area contributed by atoms with Gasteiger partial charge < -0.3 is 0 Å². The monoisotopic (exact) mass is 412 g/mol. The third kappa shape index (κ3) is 2.06. The number of benzene rings is 4. The van der Waals surface area contributed by atoms with Crippen LogP contribution in [0.5, 0.6) is 0 Å². The molecule has 1 N–H and O–H groups in total. The first-order chi connectivity index (χ1) is 14.4. The van der Waals surface area contributed by atoms with E-state index in [9.17, 15) is 22.6 Å². The first-order valence-electron chi connectivity index (χ1n) is 9.27. The largest absolute Gasteiger partial charge is 0.295 e. The van der Waals surface area contributed by atoms with Crippen LogP contribution in [0.4, 0.5) is 0 Å². The summed E-state index contributed by atoms with van der Waals surface area (Å²) in [5.74, 6) is -0.408. The number of carbonyl (C=O) groups is 2. The molecule has 0 saturated heterocycles. The van der Waals surface area contributed by atoms with E-state index in [-0.39, 0.29) is 16.5 Å². The van der Waals surface area contributed by atoms with E-state index in [2.05, 4.69) is 0 Å². The predicted octanol–water partition coefficient (Wildman–Crippen LogP) is 4.51. The average molecular weight is 412 g/mol. The molecule has 6 heteroatoms. The van der Waals surface area contributed by atoms with Gasteiger partial charge in [0.25, 0.3) is 10.1 Å². The van der Waals surface area contributed by atoms with Crippen LogP contribution in [0.2, 0.25) is 0 Å². The van der Waals surface area contributed by atoms with Gasteiger partial charge in [-0.05, 0) is 45.8 Å². The standard InChI is InChI=1S/C24H12O5S/c25-23-14-4-1-2-5-15(14)24(26)20-11-18-13-8-9-21(30(27,28)29)16-7-3-6-12(22(13)16)17(18)10-19(20)23/h1-11H,(H,27,28,29). The maximum absolute atomic E-state index is 13.1. The van der Waals surface area contributed by atoms with Gasteiger partial charge in [-0.3, -0.25) is 14.1 Å². The average Bonchev–Trinajstić information content (AvgIpc) is 3.05. The lowest BCUT2D eigenvalue weighted by Crippen LogP contribution is -2.20. The minimum Gasteiger partial charge on any atom is -0.289 e. The van der Waals surface area contributed by atoms with Crippen molar-refractivity contribution in [2.75, 3.05) is 0 Å². The van der Waals surface area contributed by atoms with E-state index in [0.29, 0.717) is 33.0 Å². The first kappa shape index (κ1) is 17.3. The molecule has 6 rings (SSSR count). The Hall–Kier alpha value is -3.61. The Morgan fingerprint density at radius 3 is 1.67 bits per heavy atom. The molecule has 0 spiro atoms. The molecule has 5 nitrogen and oxygen atoms in total. The normalized spacial score (nSPS) is 13.9. The highest BCUT2D eigenvalue weighted by Gasteiger charge is 2.33. The molecule has 0 heterocycles. The molecule has 0 aromatic heterocycles. The van der Waals surface area contributed by atoms with Gasteiger partial charge in [0.15, 0.2) is 11.6 Å². The molecule has 144 valence electrons. The van der Waals surface area contributed by atoms with E-state index in [1.54, 1.807) is 54.6 Å². The van der Waals surface area contributed by atoms with Crippen molar-refractivity contribution < 1.29 is 22.6 Å². The van der Waals surface area contributed by atoms with E-state index < -0.39 is 10.1 Å². The van der Waals surface area contributed by atoms with E-state index >= 15 is 0 Å². The maximum Gasteiger partial charge on any atom is 0.295 e. The van der Waals surface area contributed by atoms with Crippen molar-refractivity contribution in [2.24, 2.45) is 0 Å². The molecule has 30 heavy (non-hydrogen) atoms. The van der Waals surface area contributed by atoms with Crippen LogP contribution in [0.3, 0.4) is 0 Å². The summed E-state index contributed by atoms with van der Waals surface area (Å²) in [6, 6.07) is 18.4. The molecular formula is C24H12O5S. The summed E-state index contributed by atoms with van der Waals surface area (Å²) >= 11 is 0. The summed E-state index contributed by atoms with van der Waals surface area (Å²) in [6.45, 7) is 0. The topological polar surface area (TPSA) is 88.5 Å². The zero-order chi connectivity index (χ0) is 20.8. The van der Waals surface area contributed by atoms with Gasteiger partial charge in [0.2, 0.25) is 0 Å². The highest BCUT2D eigenvalue weighted by atomic mass is 32.2. The molecule has 0 atom stereocenters. The van der Waals surface area contributed by atoms with Gasteiger partial charge in [0.05, 0.1) is 0 Å². The molecule has 0 radical (unpaired) electrons.